The van der Waals surface area contributed by atoms with Crippen molar-refractivity contribution < 1.29 is 9.59 Å². The number of rotatable bonds is 6. The van der Waals surface area contributed by atoms with E-state index in [-0.39, 0.29) is 17.2 Å². The second-order valence-corrected chi connectivity index (χ2v) is 8.96. The van der Waals surface area contributed by atoms with Crippen molar-refractivity contribution in [2.45, 2.75) is 76.0 Å². The Labute approximate surface area is 174 Å². The number of amides is 2. The lowest BCUT2D eigenvalue weighted by atomic mass is 9.78. The van der Waals surface area contributed by atoms with E-state index in [2.05, 4.69) is 23.5 Å². The molecule has 1 saturated heterocycles. The fraction of sp³-hybridized carbons (Fsp3) is 0.600. The summed E-state index contributed by atoms with van der Waals surface area (Å²) in [5, 5.41) is 3.15. The van der Waals surface area contributed by atoms with E-state index in [1.54, 1.807) is 0 Å². The van der Waals surface area contributed by atoms with Gasteiger partial charge < -0.3 is 10.2 Å². The fourth-order valence-electron chi connectivity index (χ4n) is 5.57. The van der Waals surface area contributed by atoms with E-state index in [9.17, 15) is 9.59 Å². The molecule has 2 amide bonds. The molecule has 29 heavy (non-hydrogen) atoms. The molecule has 0 bridgehead atoms. The first-order valence-corrected chi connectivity index (χ1v) is 11.5. The van der Waals surface area contributed by atoms with Gasteiger partial charge in [0, 0.05) is 25.2 Å². The molecule has 1 aromatic carbocycles. The zero-order chi connectivity index (χ0) is 20.1. The first-order valence-electron chi connectivity index (χ1n) is 11.5. The molecule has 1 saturated carbocycles. The summed E-state index contributed by atoms with van der Waals surface area (Å²) >= 11 is 0. The molecule has 2 aliphatic carbocycles. The third kappa shape index (κ3) is 4.26. The van der Waals surface area contributed by atoms with Crippen molar-refractivity contribution in [3.8, 4) is 0 Å². The smallest absolute Gasteiger partial charge is 0.230 e. The molecule has 2 fully saturated rings. The topological polar surface area (TPSA) is 49.4 Å². The number of hydrogen-bond acceptors (Lipinski definition) is 2. The van der Waals surface area contributed by atoms with E-state index in [0.29, 0.717) is 25.3 Å². The van der Waals surface area contributed by atoms with Gasteiger partial charge in [0.25, 0.3) is 0 Å². The highest BCUT2D eigenvalue weighted by Gasteiger charge is 2.42. The Balaban J connectivity index is 1.29. The minimum absolute atomic E-state index is 0.140. The maximum atomic E-state index is 13.1. The van der Waals surface area contributed by atoms with Crippen molar-refractivity contribution in [2.24, 2.45) is 5.92 Å². The molecular formula is C25H34N2O2. The summed E-state index contributed by atoms with van der Waals surface area (Å²) in [6.45, 7) is 1.44. The molecule has 1 heterocycles. The number of likely N-dealkylation sites (tertiary alicyclic amines) is 1. The number of fused-ring (bicyclic) bond motifs is 1. The van der Waals surface area contributed by atoms with E-state index in [1.165, 1.54) is 25.0 Å². The highest BCUT2D eigenvalue weighted by atomic mass is 16.2. The summed E-state index contributed by atoms with van der Waals surface area (Å²) in [6, 6.07) is 10.2. The maximum absolute atomic E-state index is 13.1. The van der Waals surface area contributed by atoms with Gasteiger partial charge in [-0.2, -0.15) is 0 Å². The molecule has 1 aliphatic heterocycles. The fourth-order valence-corrected chi connectivity index (χ4v) is 5.57. The Morgan fingerprint density at radius 1 is 1.03 bits per heavy atom. The van der Waals surface area contributed by atoms with Crippen molar-refractivity contribution in [3.05, 3.63) is 47.7 Å². The first-order chi connectivity index (χ1) is 14.2. The van der Waals surface area contributed by atoms with Crippen LogP contribution >= 0.6 is 0 Å². The number of piperidine rings is 1. The van der Waals surface area contributed by atoms with Crippen LogP contribution in [-0.4, -0.2) is 29.8 Å². The van der Waals surface area contributed by atoms with Crippen LogP contribution in [0.5, 0.6) is 0 Å². The van der Waals surface area contributed by atoms with Gasteiger partial charge in [-0.25, -0.2) is 0 Å². The molecular weight excluding hydrogens is 360 g/mol. The molecule has 1 N–H and O–H groups in total. The Morgan fingerprint density at radius 2 is 1.79 bits per heavy atom. The SMILES string of the molecule is O=C(CCCNC(=O)C1(c2ccccc2)CCCC1)N1CCCC2CCCC=C21. The number of nitrogens with zero attached hydrogens (tertiary/aromatic N) is 1. The predicted octanol–water partition coefficient (Wildman–Crippen LogP) is 4.70. The van der Waals surface area contributed by atoms with Gasteiger partial charge in [0.1, 0.15) is 0 Å². The molecule has 0 radical (unpaired) electrons. The minimum atomic E-state index is -0.377. The Morgan fingerprint density at radius 3 is 2.59 bits per heavy atom. The summed E-state index contributed by atoms with van der Waals surface area (Å²) in [5.41, 5.74) is 2.04. The molecule has 156 valence electrons. The molecule has 3 aliphatic rings. The second-order valence-electron chi connectivity index (χ2n) is 8.96. The van der Waals surface area contributed by atoms with Crippen LogP contribution in [0.4, 0.5) is 0 Å². The van der Waals surface area contributed by atoms with Crippen LogP contribution in [0.1, 0.15) is 76.2 Å². The molecule has 4 heteroatoms. The van der Waals surface area contributed by atoms with Crippen LogP contribution in [0, 0.1) is 5.92 Å². The zero-order valence-electron chi connectivity index (χ0n) is 17.5. The highest BCUT2D eigenvalue weighted by Crippen LogP contribution is 2.41. The van der Waals surface area contributed by atoms with Gasteiger partial charge in [-0.1, -0.05) is 49.2 Å². The molecule has 0 aromatic heterocycles. The van der Waals surface area contributed by atoms with Crippen molar-refractivity contribution >= 4 is 11.8 Å². The van der Waals surface area contributed by atoms with Crippen molar-refractivity contribution in [1.29, 1.82) is 0 Å². The van der Waals surface area contributed by atoms with Gasteiger partial charge in [-0.05, 0) is 62.8 Å². The normalized spacial score (nSPS) is 23.2. The molecule has 0 spiro atoms. The summed E-state index contributed by atoms with van der Waals surface area (Å²) in [5.74, 6) is 0.965. The molecule has 4 nitrogen and oxygen atoms in total. The van der Waals surface area contributed by atoms with Gasteiger partial charge in [0.05, 0.1) is 5.41 Å². The van der Waals surface area contributed by atoms with Gasteiger partial charge in [-0.15, -0.1) is 0 Å². The summed E-state index contributed by atoms with van der Waals surface area (Å²) in [6.07, 6.45) is 13.5. The van der Waals surface area contributed by atoms with E-state index >= 15 is 0 Å². The quantitative estimate of drug-likeness (QED) is 0.711. The highest BCUT2D eigenvalue weighted by molar-refractivity contribution is 5.88. The Bertz CT molecular complexity index is 749. The number of benzene rings is 1. The monoisotopic (exact) mass is 394 g/mol. The summed E-state index contributed by atoms with van der Waals surface area (Å²) in [4.78, 5) is 27.9. The zero-order valence-corrected chi connectivity index (χ0v) is 17.5. The van der Waals surface area contributed by atoms with E-state index < -0.39 is 0 Å². The largest absolute Gasteiger partial charge is 0.355 e. The number of carbonyl (C=O) groups is 2. The maximum Gasteiger partial charge on any atom is 0.230 e. The van der Waals surface area contributed by atoms with E-state index in [1.807, 2.05) is 23.1 Å². The average Bonchev–Trinajstić information content (AvgIpc) is 3.28. The Kier molecular flexibility index (Phi) is 6.37. The molecule has 1 atom stereocenters. The third-order valence-corrected chi connectivity index (χ3v) is 7.15. The van der Waals surface area contributed by atoms with Gasteiger partial charge >= 0.3 is 0 Å². The molecule has 4 rings (SSSR count). The van der Waals surface area contributed by atoms with Gasteiger partial charge in [0.2, 0.25) is 11.8 Å². The lowest BCUT2D eigenvalue weighted by molar-refractivity contribution is -0.131. The summed E-state index contributed by atoms with van der Waals surface area (Å²) < 4.78 is 0. The number of carbonyl (C=O) groups excluding carboxylic acids is 2. The van der Waals surface area contributed by atoms with Crippen molar-refractivity contribution in [3.63, 3.8) is 0 Å². The lowest BCUT2D eigenvalue weighted by Crippen LogP contribution is -2.43. The van der Waals surface area contributed by atoms with Crippen LogP contribution < -0.4 is 5.32 Å². The van der Waals surface area contributed by atoms with Crippen molar-refractivity contribution in [1.82, 2.24) is 10.2 Å². The van der Waals surface area contributed by atoms with Gasteiger partial charge in [-0.3, -0.25) is 9.59 Å². The number of allylic oxidation sites excluding steroid dienone is 2. The van der Waals surface area contributed by atoms with Gasteiger partial charge in [0.15, 0.2) is 0 Å². The first kappa shape index (κ1) is 20.2. The van der Waals surface area contributed by atoms with Crippen LogP contribution in [0.2, 0.25) is 0 Å². The predicted molar refractivity (Wildman–Crippen MR) is 115 cm³/mol. The van der Waals surface area contributed by atoms with Crippen LogP contribution in [0.15, 0.2) is 42.1 Å². The van der Waals surface area contributed by atoms with Crippen LogP contribution in [0.25, 0.3) is 0 Å². The number of nitrogens with one attached hydrogen (secondary N) is 1. The van der Waals surface area contributed by atoms with Crippen LogP contribution in [0.3, 0.4) is 0 Å². The van der Waals surface area contributed by atoms with E-state index in [4.69, 9.17) is 0 Å². The standard InChI is InChI=1S/C25H34N2O2/c28-23(27-19-9-11-20-10-4-5-14-22(20)27)15-8-18-26-24(29)25(16-6-7-17-25)21-12-2-1-3-13-21/h1-3,12-14,20H,4-11,15-19H2,(H,26,29). The Hall–Kier alpha value is -2.10. The van der Waals surface area contributed by atoms with Crippen molar-refractivity contribution in [2.75, 3.05) is 13.1 Å². The molecule has 1 unspecified atom stereocenters. The second kappa shape index (κ2) is 9.15. The van der Waals surface area contributed by atoms with E-state index in [0.717, 1.165) is 50.6 Å². The average molecular weight is 395 g/mol. The minimum Gasteiger partial charge on any atom is -0.355 e. The lowest BCUT2D eigenvalue weighted by Gasteiger charge is -2.38. The number of hydrogen-bond donors (Lipinski definition) is 1. The third-order valence-electron chi connectivity index (χ3n) is 7.15. The molecule has 1 aromatic rings. The summed E-state index contributed by atoms with van der Waals surface area (Å²) in [7, 11) is 0. The van der Waals surface area contributed by atoms with Crippen LogP contribution in [-0.2, 0) is 15.0 Å².